The van der Waals surface area contributed by atoms with Crippen molar-refractivity contribution in [1.29, 1.82) is 0 Å². The van der Waals surface area contributed by atoms with Crippen molar-refractivity contribution in [2.75, 3.05) is 24.5 Å². The van der Waals surface area contributed by atoms with Crippen molar-refractivity contribution in [3.63, 3.8) is 0 Å². The number of amides is 1. The fourth-order valence-corrected chi connectivity index (χ4v) is 1.89. The Kier molecular flexibility index (Phi) is 6.33. The fourth-order valence-electron chi connectivity index (χ4n) is 1.89. The molecular formula is C15H25N3O. The highest BCUT2D eigenvalue weighted by Crippen LogP contribution is 2.14. The van der Waals surface area contributed by atoms with Crippen molar-refractivity contribution in [3.05, 3.63) is 24.0 Å². The van der Waals surface area contributed by atoms with Crippen LogP contribution in [0.4, 0.5) is 5.69 Å². The van der Waals surface area contributed by atoms with E-state index < -0.39 is 0 Å². The van der Waals surface area contributed by atoms with Crippen molar-refractivity contribution >= 4 is 11.6 Å². The van der Waals surface area contributed by atoms with E-state index in [0.717, 1.165) is 25.2 Å². The molecule has 0 fully saturated rings. The van der Waals surface area contributed by atoms with Gasteiger partial charge in [0.25, 0.3) is 5.91 Å². The molecule has 1 aromatic heterocycles. The highest BCUT2D eigenvalue weighted by molar-refractivity contribution is 5.93. The van der Waals surface area contributed by atoms with E-state index in [1.807, 2.05) is 12.1 Å². The molecular weight excluding hydrogens is 238 g/mol. The van der Waals surface area contributed by atoms with Gasteiger partial charge in [-0.1, -0.05) is 13.8 Å². The maximum absolute atomic E-state index is 12.0. The summed E-state index contributed by atoms with van der Waals surface area (Å²) in [7, 11) is 0. The van der Waals surface area contributed by atoms with E-state index in [0.29, 0.717) is 18.2 Å². The van der Waals surface area contributed by atoms with Crippen LogP contribution >= 0.6 is 0 Å². The van der Waals surface area contributed by atoms with Crippen LogP contribution in [-0.4, -0.2) is 30.5 Å². The molecule has 19 heavy (non-hydrogen) atoms. The number of carbonyl (C=O) groups excluding carboxylic acids is 1. The van der Waals surface area contributed by atoms with Crippen LogP contribution in [0.1, 0.15) is 44.6 Å². The first-order valence-corrected chi connectivity index (χ1v) is 7.07. The van der Waals surface area contributed by atoms with E-state index in [9.17, 15) is 4.79 Å². The van der Waals surface area contributed by atoms with E-state index in [2.05, 4.69) is 42.9 Å². The van der Waals surface area contributed by atoms with Gasteiger partial charge in [-0.25, -0.2) is 0 Å². The van der Waals surface area contributed by atoms with Gasteiger partial charge in [-0.15, -0.1) is 0 Å². The van der Waals surface area contributed by atoms with Crippen LogP contribution in [0.15, 0.2) is 18.3 Å². The molecule has 4 heteroatoms. The quantitative estimate of drug-likeness (QED) is 0.822. The molecule has 0 aliphatic heterocycles. The van der Waals surface area contributed by atoms with E-state index in [1.165, 1.54) is 0 Å². The lowest BCUT2D eigenvalue weighted by atomic mass is 10.1. The summed E-state index contributed by atoms with van der Waals surface area (Å²) in [6, 6.07) is 3.80. The lowest BCUT2D eigenvalue weighted by Crippen LogP contribution is -2.27. The minimum atomic E-state index is -0.0883. The van der Waals surface area contributed by atoms with E-state index in [-0.39, 0.29) is 5.91 Å². The topological polar surface area (TPSA) is 45.2 Å². The third-order valence-corrected chi connectivity index (χ3v) is 3.11. The molecule has 0 spiro atoms. The van der Waals surface area contributed by atoms with Crippen molar-refractivity contribution in [3.8, 4) is 0 Å². The van der Waals surface area contributed by atoms with Crippen LogP contribution in [0.5, 0.6) is 0 Å². The third kappa shape index (κ3) is 4.89. The number of anilines is 1. The van der Waals surface area contributed by atoms with Gasteiger partial charge in [0.2, 0.25) is 0 Å². The molecule has 0 bridgehead atoms. The van der Waals surface area contributed by atoms with Gasteiger partial charge in [0, 0.05) is 31.5 Å². The molecule has 1 amide bonds. The Labute approximate surface area is 116 Å². The van der Waals surface area contributed by atoms with Gasteiger partial charge in [-0.05, 0) is 38.3 Å². The summed E-state index contributed by atoms with van der Waals surface area (Å²) in [6.45, 7) is 11.0. The molecule has 1 rings (SSSR count). The SMILES string of the molecule is CCN(CC)c1ccnc(C(=O)NCCC(C)C)c1. The molecule has 4 nitrogen and oxygen atoms in total. The number of nitrogens with one attached hydrogen (secondary N) is 1. The Morgan fingerprint density at radius 3 is 2.63 bits per heavy atom. The van der Waals surface area contributed by atoms with Gasteiger partial charge in [0.1, 0.15) is 5.69 Å². The average molecular weight is 263 g/mol. The van der Waals surface area contributed by atoms with Crippen molar-refractivity contribution in [2.24, 2.45) is 5.92 Å². The highest BCUT2D eigenvalue weighted by atomic mass is 16.1. The molecule has 0 radical (unpaired) electrons. The predicted molar refractivity (Wildman–Crippen MR) is 79.6 cm³/mol. The molecule has 0 aliphatic carbocycles. The molecule has 0 aromatic carbocycles. The van der Waals surface area contributed by atoms with E-state index in [1.54, 1.807) is 6.20 Å². The summed E-state index contributed by atoms with van der Waals surface area (Å²) in [5.41, 5.74) is 1.54. The van der Waals surface area contributed by atoms with Crippen LogP contribution in [-0.2, 0) is 0 Å². The van der Waals surface area contributed by atoms with Gasteiger partial charge in [0.05, 0.1) is 0 Å². The van der Waals surface area contributed by atoms with Crippen molar-refractivity contribution in [2.45, 2.75) is 34.1 Å². The summed E-state index contributed by atoms with van der Waals surface area (Å²) in [4.78, 5) is 18.3. The smallest absolute Gasteiger partial charge is 0.269 e. The Morgan fingerprint density at radius 2 is 2.05 bits per heavy atom. The number of pyridine rings is 1. The second-order valence-corrected chi connectivity index (χ2v) is 5.01. The molecule has 1 N–H and O–H groups in total. The van der Waals surface area contributed by atoms with Crippen LogP contribution in [0.3, 0.4) is 0 Å². The summed E-state index contributed by atoms with van der Waals surface area (Å²) < 4.78 is 0. The number of rotatable bonds is 7. The molecule has 0 aliphatic rings. The molecule has 0 unspecified atom stereocenters. The third-order valence-electron chi connectivity index (χ3n) is 3.11. The molecule has 0 saturated heterocycles. The number of aromatic nitrogens is 1. The zero-order valence-electron chi connectivity index (χ0n) is 12.4. The molecule has 0 atom stereocenters. The molecule has 1 heterocycles. The summed E-state index contributed by atoms with van der Waals surface area (Å²) >= 11 is 0. The first-order chi connectivity index (χ1) is 9.08. The van der Waals surface area contributed by atoms with Gasteiger partial charge in [-0.3, -0.25) is 9.78 Å². The minimum absolute atomic E-state index is 0.0883. The normalized spacial score (nSPS) is 10.6. The molecule has 0 saturated carbocycles. The Hall–Kier alpha value is -1.58. The maximum Gasteiger partial charge on any atom is 0.269 e. The molecule has 106 valence electrons. The second-order valence-electron chi connectivity index (χ2n) is 5.01. The Morgan fingerprint density at radius 1 is 1.37 bits per heavy atom. The summed E-state index contributed by atoms with van der Waals surface area (Å²) in [5, 5.41) is 2.91. The predicted octanol–water partition coefficient (Wildman–Crippen LogP) is 2.70. The first kappa shape index (κ1) is 15.5. The van der Waals surface area contributed by atoms with Crippen LogP contribution in [0.2, 0.25) is 0 Å². The number of carbonyl (C=O) groups is 1. The highest BCUT2D eigenvalue weighted by Gasteiger charge is 2.09. The van der Waals surface area contributed by atoms with Gasteiger partial charge in [0.15, 0.2) is 0 Å². The lowest BCUT2D eigenvalue weighted by Gasteiger charge is -2.21. The average Bonchev–Trinajstić information content (AvgIpc) is 2.40. The van der Waals surface area contributed by atoms with Crippen LogP contribution in [0, 0.1) is 5.92 Å². The largest absolute Gasteiger partial charge is 0.372 e. The molecule has 1 aromatic rings. The zero-order valence-corrected chi connectivity index (χ0v) is 12.4. The summed E-state index contributed by atoms with van der Waals surface area (Å²) in [6.07, 6.45) is 2.69. The van der Waals surface area contributed by atoms with Crippen LogP contribution in [0.25, 0.3) is 0 Å². The Bertz CT molecular complexity index is 400. The van der Waals surface area contributed by atoms with Crippen LogP contribution < -0.4 is 10.2 Å². The van der Waals surface area contributed by atoms with E-state index >= 15 is 0 Å². The fraction of sp³-hybridized carbons (Fsp3) is 0.600. The van der Waals surface area contributed by atoms with Gasteiger partial charge < -0.3 is 10.2 Å². The van der Waals surface area contributed by atoms with E-state index in [4.69, 9.17) is 0 Å². The first-order valence-electron chi connectivity index (χ1n) is 7.07. The standard InChI is InChI=1S/C15H25N3O/c1-5-18(6-2)13-8-10-16-14(11-13)15(19)17-9-7-12(3)4/h8,10-12H,5-7,9H2,1-4H3,(H,17,19). The second kappa shape index (κ2) is 7.77. The Balaban J connectivity index is 2.67. The number of hydrogen-bond acceptors (Lipinski definition) is 3. The maximum atomic E-state index is 12.0. The lowest BCUT2D eigenvalue weighted by molar-refractivity contribution is 0.0947. The monoisotopic (exact) mass is 263 g/mol. The summed E-state index contributed by atoms with van der Waals surface area (Å²) in [5.74, 6) is 0.505. The number of hydrogen-bond donors (Lipinski definition) is 1. The number of nitrogens with zero attached hydrogens (tertiary/aromatic N) is 2. The zero-order chi connectivity index (χ0) is 14.3. The van der Waals surface area contributed by atoms with Gasteiger partial charge >= 0.3 is 0 Å². The van der Waals surface area contributed by atoms with Gasteiger partial charge in [-0.2, -0.15) is 0 Å². The minimum Gasteiger partial charge on any atom is -0.372 e. The van der Waals surface area contributed by atoms with Crippen molar-refractivity contribution in [1.82, 2.24) is 10.3 Å². The van der Waals surface area contributed by atoms with Crippen molar-refractivity contribution < 1.29 is 4.79 Å².